The van der Waals surface area contributed by atoms with Crippen molar-refractivity contribution in [2.75, 3.05) is 4.90 Å². The number of hydrogen-bond donors (Lipinski definition) is 1. The molecule has 0 bridgehead atoms. The van der Waals surface area contributed by atoms with Crippen molar-refractivity contribution in [1.82, 2.24) is 9.97 Å². The van der Waals surface area contributed by atoms with Gasteiger partial charge in [-0.1, -0.05) is 24.3 Å². The molecule has 0 atom stereocenters. The van der Waals surface area contributed by atoms with E-state index in [0.29, 0.717) is 6.54 Å². The molecule has 2 N–H and O–H groups in total. The molecule has 0 saturated carbocycles. The van der Waals surface area contributed by atoms with E-state index >= 15 is 0 Å². The van der Waals surface area contributed by atoms with Crippen LogP contribution in [0.2, 0.25) is 0 Å². The van der Waals surface area contributed by atoms with Gasteiger partial charge in [0.2, 0.25) is 5.95 Å². The summed E-state index contributed by atoms with van der Waals surface area (Å²) in [5.74, 6) is 0.793. The summed E-state index contributed by atoms with van der Waals surface area (Å²) in [6.07, 6.45) is 1.83. The van der Waals surface area contributed by atoms with Crippen LogP contribution >= 0.6 is 0 Å². The third kappa shape index (κ3) is 1.84. The fraction of sp³-hybridized carbons (Fsp3) is 0.286. The van der Waals surface area contributed by atoms with Crippen LogP contribution in [0.3, 0.4) is 0 Å². The van der Waals surface area contributed by atoms with Gasteiger partial charge in [0, 0.05) is 37.1 Å². The first kappa shape index (κ1) is 11.2. The molecule has 18 heavy (non-hydrogen) atoms. The first-order chi connectivity index (χ1) is 8.78. The van der Waals surface area contributed by atoms with Crippen molar-refractivity contribution in [2.24, 2.45) is 5.73 Å². The average Bonchev–Trinajstić information content (AvgIpc) is 2.82. The number of hydrogen-bond acceptors (Lipinski definition) is 4. The molecule has 1 aliphatic heterocycles. The smallest absolute Gasteiger partial charge is 0.226 e. The summed E-state index contributed by atoms with van der Waals surface area (Å²) in [4.78, 5) is 11.1. The minimum atomic E-state index is 0.492. The van der Waals surface area contributed by atoms with Crippen molar-refractivity contribution in [3.05, 3.63) is 52.8 Å². The van der Waals surface area contributed by atoms with Gasteiger partial charge in [-0.15, -0.1) is 0 Å². The lowest BCUT2D eigenvalue weighted by atomic mass is 10.1. The molecule has 92 valence electrons. The number of anilines is 1. The van der Waals surface area contributed by atoms with E-state index in [1.165, 1.54) is 11.1 Å². The Kier molecular flexibility index (Phi) is 2.72. The fourth-order valence-corrected chi connectivity index (χ4v) is 2.31. The zero-order valence-corrected chi connectivity index (χ0v) is 10.4. The fourth-order valence-electron chi connectivity index (χ4n) is 2.31. The number of fused-ring (bicyclic) bond motifs is 1. The number of rotatable bonds is 2. The second-order valence-corrected chi connectivity index (χ2v) is 4.61. The van der Waals surface area contributed by atoms with Crippen LogP contribution in [0, 0.1) is 6.92 Å². The summed E-state index contributed by atoms with van der Waals surface area (Å²) in [6, 6.07) is 8.48. The van der Waals surface area contributed by atoms with E-state index < -0.39 is 0 Å². The SMILES string of the molecule is Cc1nc(N2Cc3ccccc3C2)ncc1CN. The van der Waals surface area contributed by atoms with Crippen LogP contribution in [-0.2, 0) is 19.6 Å². The van der Waals surface area contributed by atoms with Crippen molar-refractivity contribution in [3.8, 4) is 0 Å². The monoisotopic (exact) mass is 240 g/mol. The Labute approximate surface area is 106 Å². The highest BCUT2D eigenvalue weighted by Crippen LogP contribution is 2.25. The first-order valence-corrected chi connectivity index (χ1v) is 6.12. The molecule has 0 fully saturated rings. The van der Waals surface area contributed by atoms with Gasteiger partial charge in [-0.05, 0) is 18.1 Å². The van der Waals surface area contributed by atoms with E-state index in [-0.39, 0.29) is 0 Å². The highest BCUT2D eigenvalue weighted by atomic mass is 15.3. The molecule has 1 aromatic heterocycles. The van der Waals surface area contributed by atoms with Gasteiger partial charge < -0.3 is 10.6 Å². The molecule has 2 heterocycles. The maximum Gasteiger partial charge on any atom is 0.226 e. The van der Waals surface area contributed by atoms with E-state index in [1.807, 2.05) is 13.1 Å². The largest absolute Gasteiger partial charge is 0.332 e. The van der Waals surface area contributed by atoms with Crippen LogP contribution in [0.25, 0.3) is 0 Å². The van der Waals surface area contributed by atoms with Crippen LogP contribution in [0.1, 0.15) is 22.4 Å². The third-order valence-electron chi connectivity index (χ3n) is 3.41. The standard InChI is InChI=1S/C14H16N4/c1-10-13(6-15)7-16-14(17-10)18-8-11-4-2-3-5-12(11)9-18/h2-5,7H,6,8-9,15H2,1H3. The maximum absolute atomic E-state index is 5.63. The topological polar surface area (TPSA) is 55.0 Å². The number of aromatic nitrogens is 2. The Morgan fingerprint density at radius 1 is 1.22 bits per heavy atom. The van der Waals surface area contributed by atoms with Gasteiger partial charge in [-0.25, -0.2) is 9.97 Å². The second-order valence-electron chi connectivity index (χ2n) is 4.61. The minimum Gasteiger partial charge on any atom is -0.332 e. The molecule has 0 aliphatic carbocycles. The van der Waals surface area contributed by atoms with Crippen molar-refractivity contribution < 1.29 is 0 Å². The van der Waals surface area contributed by atoms with Gasteiger partial charge in [-0.3, -0.25) is 0 Å². The molecule has 0 amide bonds. The van der Waals surface area contributed by atoms with E-state index in [1.54, 1.807) is 0 Å². The molecule has 2 aromatic rings. The molecule has 4 heteroatoms. The summed E-state index contributed by atoms with van der Waals surface area (Å²) in [7, 11) is 0. The van der Waals surface area contributed by atoms with Gasteiger partial charge in [0.25, 0.3) is 0 Å². The second kappa shape index (κ2) is 4.38. The van der Waals surface area contributed by atoms with Gasteiger partial charge in [-0.2, -0.15) is 0 Å². The molecule has 4 nitrogen and oxygen atoms in total. The predicted molar refractivity (Wildman–Crippen MR) is 71.0 cm³/mol. The van der Waals surface area contributed by atoms with Crippen molar-refractivity contribution in [3.63, 3.8) is 0 Å². The maximum atomic E-state index is 5.63. The molecule has 0 saturated heterocycles. The number of benzene rings is 1. The first-order valence-electron chi connectivity index (χ1n) is 6.12. The van der Waals surface area contributed by atoms with E-state index in [2.05, 4.69) is 39.1 Å². The van der Waals surface area contributed by atoms with Gasteiger partial charge >= 0.3 is 0 Å². The number of nitrogens with zero attached hydrogens (tertiary/aromatic N) is 3. The van der Waals surface area contributed by atoms with Crippen LogP contribution < -0.4 is 10.6 Å². The number of aryl methyl sites for hydroxylation is 1. The van der Waals surface area contributed by atoms with Gasteiger partial charge in [0.15, 0.2) is 0 Å². The Morgan fingerprint density at radius 3 is 2.44 bits per heavy atom. The van der Waals surface area contributed by atoms with Crippen LogP contribution in [0.4, 0.5) is 5.95 Å². The van der Waals surface area contributed by atoms with Gasteiger partial charge in [0.05, 0.1) is 0 Å². The zero-order valence-electron chi connectivity index (χ0n) is 10.4. The van der Waals surface area contributed by atoms with Crippen molar-refractivity contribution >= 4 is 5.95 Å². The predicted octanol–water partition coefficient (Wildman–Crippen LogP) is 1.76. The molecular weight excluding hydrogens is 224 g/mol. The summed E-state index contributed by atoms with van der Waals surface area (Å²) < 4.78 is 0. The summed E-state index contributed by atoms with van der Waals surface area (Å²) in [5.41, 5.74) is 10.3. The molecule has 0 unspecified atom stereocenters. The average molecular weight is 240 g/mol. The van der Waals surface area contributed by atoms with E-state index in [9.17, 15) is 0 Å². The van der Waals surface area contributed by atoms with Gasteiger partial charge in [0.1, 0.15) is 0 Å². The van der Waals surface area contributed by atoms with Crippen LogP contribution in [0.5, 0.6) is 0 Å². The van der Waals surface area contributed by atoms with Crippen molar-refractivity contribution in [2.45, 2.75) is 26.6 Å². The summed E-state index contributed by atoms with van der Waals surface area (Å²) >= 11 is 0. The minimum absolute atomic E-state index is 0.492. The molecule has 0 spiro atoms. The number of nitrogens with two attached hydrogens (primary N) is 1. The highest BCUT2D eigenvalue weighted by molar-refractivity contribution is 5.43. The summed E-state index contributed by atoms with van der Waals surface area (Å²) in [6.45, 7) is 4.25. The Morgan fingerprint density at radius 2 is 1.89 bits per heavy atom. The molecule has 3 rings (SSSR count). The Hall–Kier alpha value is -1.94. The quantitative estimate of drug-likeness (QED) is 0.869. The van der Waals surface area contributed by atoms with Crippen molar-refractivity contribution in [1.29, 1.82) is 0 Å². The molecular formula is C14H16N4. The summed E-state index contributed by atoms with van der Waals surface area (Å²) in [5, 5.41) is 0. The zero-order chi connectivity index (χ0) is 12.5. The van der Waals surface area contributed by atoms with Crippen LogP contribution in [0.15, 0.2) is 30.5 Å². The normalized spacial score (nSPS) is 13.8. The van der Waals surface area contributed by atoms with Crippen LogP contribution in [-0.4, -0.2) is 9.97 Å². The highest BCUT2D eigenvalue weighted by Gasteiger charge is 2.20. The van der Waals surface area contributed by atoms with E-state index in [0.717, 1.165) is 30.3 Å². The molecule has 1 aliphatic rings. The third-order valence-corrected chi connectivity index (χ3v) is 3.41. The Bertz CT molecular complexity index is 555. The lowest BCUT2D eigenvalue weighted by molar-refractivity contribution is 0.813. The lowest BCUT2D eigenvalue weighted by Gasteiger charge is -2.16. The molecule has 1 aromatic carbocycles. The molecule has 0 radical (unpaired) electrons. The van der Waals surface area contributed by atoms with E-state index in [4.69, 9.17) is 5.73 Å². The lowest BCUT2D eigenvalue weighted by Crippen LogP contribution is -2.18. The Balaban J connectivity index is 1.88.